The van der Waals surface area contributed by atoms with Crippen LogP contribution in [-0.4, -0.2) is 6.21 Å². The highest BCUT2D eigenvalue weighted by Gasteiger charge is 1.92. The summed E-state index contributed by atoms with van der Waals surface area (Å²) < 4.78 is 0. The van der Waals surface area contributed by atoms with Crippen LogP contribution in [0.15, 0.2) is 59.7 Å². The predicted octanol–water partition coefficient (Wildman–Crippen LogP) is 3.44. The molecule has 0 aromatic heterocycles. The summed E-state index contributed by atoms with van der Waals surface area (Å²) in [5.74, 6) is 0. The van der Waals surface area contributed by atoms with Crippen LogP contribution in [0, 0.1) is 6.92 Å². The maximum absolute atomic E-state index is 4.20. The lowest BCUT2D eigenvalue weighted by Gasteiger charge is -2.03. The Morgan fingerprint density at radius 2 is 1.62 bits per heavy atom. The van der Waals surface area contributed by atoms with Gasteiger partial charge in [-0.1, -0.05) is 48.5 Å². The van der Waals surface area contributed by atoms with Gasteiger partial charge in [0.1, 0.15) is 0 Å². The highest BCUT2D eigenvalue weighted by atomic mass is 15.3. The number of nitrogens with one attached hydrogen (secondary N) is 1. The van der Waals surface area contributed by atoms with E-state index < -0.39 is 0 Å². The molecule has 0 spiro atoms. The smallest absolute Gasteiger partial charge is 0.0590 e. The van der Waals surface area contributed by atoms with E-state index in [1.807, 2.05) is 54.7 Å². The van der Waals surface area contributed by atoms with Gasteiger partial charge in [0.15, 0.2) is 0 Å². The molecule has 0 bridgehead atoms. The van der Waals surface area contributed by atoms with E-state index >= 15 is 0 Å². The topological polar surface area (TPSA) is 24.4 Å². The van der Waals surface area contributed by atoms with Gasteiger partial charge in [-0.25, -0.2) is 0 Å². The second-order valence-corrected chi connectivity index (χ2v) is 3.60. The molecule has 0 atom stereocenters. The fraction of sp³-hybridized carbons (Fsp3) is 0.0714. The van der Waals surface area contributed by atoms with E-state index in [1.54, 1.807) is 0 Å². The minimum Gasteiger partial charge on any atom is -0.278 e. The van der Waals surface area contributed by atoms with Crippen LogP contribution >= 0.6 is 0 Å². The number of hydrazone groups is 1. The van der Waals surface area contributed by atoms with Crippen LogP contribution in [0.4, 0.5) is 5.69 Å². The first-order valence-electron chi connectivity index (χ1n) is 5.26. The lowest BCUT2D eigenvalue weighted by Crippen LogP contribution is -1.92. The second kappa shape index (κ2) is 5.12. The van der Waals surface area contributed by atoms with Crippen molar-refractivity contribution >= 4 is 11.9 Å². The summed E-state index contributed by atoms with van der Waals surface area (Å²) >= 11 is 0. The number of rotatable bonds is 3. The van der Waals surface area contributed by atoms with Crippen LogP contribution in [0.5, 0.6) is 0 Å². The molecular weight excluding hydrogens is 196 g/mol. The molecule has 0 fully saturated rings. The van der Waals surface area contributed by atoms with E-state index in [2.05, 4.69) is 23.5 Å². The van der Waals surface area contributed by atoms with Crippen LogP contribution in [-0.2, 0) is 0 Å². The normalized spacial score (nSPS) is 10.6. The van der Waals surface area contributed by atoms with Crippen molar-refractivity contribution in [3.05, 3.63) is 65.7 Å². The van der Waals surface area contributed by atoms with Crippen molar-refractivity contribution in [3.63, 3.8) is 0 Å². The molecule has 2 aromatic carbocycles. The van der Waals surface area contributed by atoms with E-state index in [0.717, 1.165) is 11.3 Å². The molecule has 0 unspecified atom stereocenters. The van der Waals surface area contributed by atoms with Gasteiger partial charge in [0.25, 0.3) is 0 Å². The minimum atomic E-state index is 1.04. The molecule has 0 saturated carbocycles. The summed E-state index contributed by atoms with van der Waals surface area (Å²) in [5, 5.41) is 4.20. The number of anilines is 1. The first-order chi connectivity index (χ1) is 7.86. The lowest BCUT2D eigenvalue weighted by atomic mass is 10.2. The standard InChI is InChI=1S/C14H14N2/c1-12-7-5-6-10-14(12)16-15-11-13-8-3-2-4-9-13/h2-11,16H,1H3. The second-order valence-electron chi connectivity index (χ2n) is 3.60. The predicted molar refractivity (Wildman–Crippen MR) is 68.8 cm³/mol. The third-order valence-electron chi connectivity index (χ3n) is 2.34. The Kier molecular flexibility index (Phi) is 3.34. The maximum Gasteiger partial charge on any atom is 0.0590 e. The van der Waals surface area contributed by atoms with E-state index in [1.165, 1.54) is 5.56 Å². The molecule has 0 heterocycles. The molecule has 2 aromatic rings. The van der Waals surface area contributed by atoms with Gasteiger partial charge in [-0.2, -0.15) is 5.10 Å². The molecule has 0 aliphatic heterocycles. The van der Waals surface area contributed by atoms with Crippen molar-refractivity contribution in [2.75, 3.05) is 5.43 Å². The molecular formula is C14H14N2. The largest absolute Gasteiger partial charge is 0.278 e. The van der Waals surface area contributed by atoms with Gasteiger partial charge in [0, 0.05) is 0 Å². The quantitative estimate of drug-likeness (QED) is 0.609. The van der Waals surface area contributed by atoms with Gasteiger partial charge in [0.05, 0.1) is 11.9 Å². The van der Waals surface area contributed by atoms with Gasteiger partial charge >= 0.3 is 0 Å². The van der Waals surface area contributed by atoms with Crippen molar-refractivity contribution in [2.45, 2.75) is 6.92 Å². The number of hydrogen-bond acceptors (Lipinski definition) is 2. The molecule has 2 nitrogen and oxygen atoms in total. The first kappa shape index (κ1) is 10.4. The highest BCUT2D eigenvalue weighted by molar-refractivity contribution is 5.80. The molecule has 1 N–H and O–H groups in total. The van der Waals surface area contributed by atoms with Crippen LogP contribution in [0.25, 0.3) is 0 Å². The molecule has 0 radical (unpaired) electrons. The number of nitrogens with zero attached hydrogens (tertiary/aromatic N) is 1. The minimum absolute atomic E-state index is 1.04. The number of benzene rings is 2. The average molecular weight is 210 g/mol. The SMILES string of the molecule is Cc1ccccc1NN=Cc1ccccc1. The Bertz CT molecular complexity index is 475. The average Bonchev–Trinajstić information content (AvgIpc) is 2.33. The van der Waals surface area contributed by atoms with Gasteiger partial charge in [-0.05, 0) is 24.1 Å². The number of hydrogen-bond donors (Lipinski definition) is 1. The molecule has 0 saturated heterocycles. The highest BCUT2D eigenvalue weighted by Crippen LogP contribution is 2.12. The third kappa shape index (κ3) is 2.70. The van der Waals surface area contributed by atoms with E-state index in [-0.39, 0.29) is 0 Å². The fourth-order valence-electron chi connectivity index (χ4n) is 1.41. The molecule has 2 rings (SSSR count). The van der Waals surface area contributed by atoms with Crippen molar-refractivity contribution in [1.82, 2.24) is 0 Å². The van der Waals surface area contributed by atoms with Crippen molar-refractivity contribution in [2.24, 2.45) is 5.10 Å². The summed E-state index contributed by atoms with van der Waals surface area (Å²) in [6, 6.07) is 18.1. The molecule has 0 aliphatic carbocycles. The van der Waals surface area contributed by atoms with Gasteiger partial charge in [-0.3, -0.25) is 5.43 Å². The summed E-state index contributed by atoms with van der Waals surface area (Å²) in [7, 11) is 0. The molecule has 16 heavy (non-hydrogen) atoms. The Hall–Kier alpha value is -2.09. The zero-order chi connectivity index (χ0) is 11.2. The summed E-state index contributed by atoms with van der Waals surface area (Å²) in [5.41, 5.74) is 6.34. The zero-order valence-corrected chi connectivity index (χ0v) is 9.22. The van der Waals surface area contributed by atoms with Gasteiger partial charge < -0.3 is 0 Å². The molecule has 0 amide bonds. The summed E-state index contributed by atoms with van der Waals surface area (Å²) in [6.07, 6.45) is 1.81. The van der Waals surface area contributed by atoms with E-state index in [4.69, 9.17) is 0 Å². The van der Waals surface area contributed by atoms with Crippen LogP contribution in [0.1, 0.15) is 11.1 Å². The Labute approximate surface area is 95.6 Å². The first-order valence-corrected chi connectivity index (χ1v) is 5.26. The Morgan fingerprint density at radius 3 is 2.38 bits per heavy atom. The Morgan fingerprint density at radius 1 is 0.938 bits per heavy atom. The summed E-state index contributed by atoms with van der Waals surface area (Å²) in [4.78, 5) is 0. The summed E-state index contributed by atoms with van der Waals surface area (Å²) in [6.45, 7) is 2.06. The number of aryl methyl sites for hydroxylation is 1. The monoisotopic (exact) mass is 210 g/mol. The third-order valence-corrected chi connectivity index (χ3v) is 2.34. The zero-order valence-electron chi connectivity index (χ0n) is 9.22. The fourth-order valence-corrected chi connectivity index (χ4v) is 1.41. The van der Waals surface area contributed by atoms with Crippen molar-refractivity contribution < 1.29 is 0 Å². The molecule has 2 heteroatoms. The van der Waals surface area contributed by atoms with Gasteiger partial charge in [-0.15, -0.1) is 0 Å². The molecule has 80 valence electrons. The van der Waals surface area contributed by atoms with Crippen molar-refractivity contribution in [3.8, 4) is 0 Å². The van der Waals surface area contributed by atoms with Crippen LogP contribution in [0.3, 0.4) is 0 Å². The molecule has 0 aliphatic rings. The maximum atomic E-state index is 4.20. The Balaban J connectivity index is 2.03. The number of para-hydroxylation sites is 1. The van der Waals surface area contributed by atoms with Crippen molar-refractivity contribution in [1.29, 1.82) is 0 Å². The van der Waals surface area contributed by atoms with Gasteiger partial charge in [0.2, 0.25) is 0 Å². The van der Waals surface area contributed by atoms with Crippen LogP contribution < -0.4 is 5.43 Å². The van der Waals surface area contributed by atoms with E-state index in [0.29, 0.717) is 0 Å². The van der Waals surface area contributed by atoms with Crippen LogP contribution in [0.2, 0.25) is 0 Å². The lowest BCUT2D eigenvalue weighted by molar-refractivity contribution is 1.31. The van der Waals surface area contributed by atoms with E-state index in [9.17, 15) is 0 Å².